The summed E-state index contributed by atoms with van der Waals surface area (Å²) in [6, 6.07) is 0. The van der Waals surface area contributed by atoms with Crippen LogP contribution in [0.4, 0.5) is 0 Å². The van der Waals surface area contributed by atoms with Crippen LogP contribution in [0.1, 0.15) is 19.3 Å². The van der Waals surface area contributed by atoms with Gasteiger partial charge in [-0.3, -0.25) is 4.79 Å². The summed E-state index contributed by atoms with van der Waals surface area (Å²) in [5.74, 6) is 0.0159. The second-order valence-electron chi connectivity index (χ2n) is 4.16. The maximum Gasteiger partial charge on any atom is 0.222 e. The zero-order chi connectivity index (χ0) is 12.4. The van der Waals surface area contributed by atoms with Gasteiger partial charge in [0.25, 0.3) is 0 Å². The predicted molar refractivity (Wildman–Crippen MR) is 65.3 cm³/mol. The van der Waals surface area contributed by atoms with Crippen molar-refractivity contribution in [3.05, 3.63) is 0 Å². The minimum absolute atomic E-state index is 0.0159. The van der Waals surface area contributed by atoms with E-state index in [1.54, 1.807) is 7.11 Å². The van der Waals surface area contributed by atoms with Crippen LogP contribution in [0.25, 0.3) is 0 Å². The van der Waals surface area contributed by atoms with Gasteiger partial charge in [0.05, 0.1) is 12.5 Å². The first-order valence-electron chi connectivity index (χ1n) is 5.74. The Bertz CT molecular complexity index is 182. The number of carbonyl (C=O) groups is 1. The molecule has 1 amide bonds. The zero-order valence-corrected chi connectivity index (χ0v) is 10.7. The first kappa shape index (κ1) is 15.3. The third-order valence-corrected chi connectivity index (χ3v) is 2.36. The molecule has 0 radical (unpaired) electrons. The van der Waals surface area contributed by atoms with Gasteiger partial charge in [0, 0.05) is 20.2 Å². The molecule has 0 aliphatic rings. The smallest absolute Gasteiger partial charge is 0.222 e. The van der Waals surface area contributed by atoms with Gasteiger partial charge in [-0.2, -0.15) is 0 Å². The van der Waals surface area contributed by atoms with Crippen molar-refractivity contribution in [2.24, 2.45) is 5.73 Å². The SMILES string of the molecule is COC(CN)CC(=O)NCCCCN(C)C. The maximum atomic E-state index is 11.4. The summed E-state index contributed by atoms with van der Waals surface area (Å²) >= 11 is 0. The van der Waals surface area contributed by atoms with Crippen LogP contribution in [-0.2, 0) is 9.53 Å². The van der Waals surface area contributed by atoms with Crippen molar-refractivity contribution in [2.75, 3.05) is 40.8 Å². The second-order valence-corrected chi connectivity index (χ2v) is 4.16. The Balaban J connectivity index is 3.43. The summed E-state index contributed by atoms with van der Waals surface area (Å²) < 4.78 is 5.04. The standard InChI is InChI=1S/C11H25N3O2/c1-14(2)7-5-4-6-13-11(15)8-10(9-12)16-3/h10H,4-9,12H2,1-3H3,(H,13,15). The van der Waals surface area contributed by atoms with Crippen molar-refractivity contribution in [3.8, 4) is 0 Å². The molecule has 5 nitrogen and oxygen atoms in total. The Morgan fingerprint density at radius 1 is 1.44 bits per heavy atom. The van der Waals surface area contributed by atoms with Gasteiger partial charge in [-0.25, -0.2) is 0 Å². The van der Waals surface area contributed by atoms with E-state index in [1.807, 2.05) is 14.1 Å². The predicted octanol–water partition coefficient (Wildman–Crippen LogP) is -0.192. The number of methoxy groups -OCH3 is 1. The third-order valence-electron chi connectivity index (χ3n) is 2.36. The molecule has 96 valence electrons. The van der Waals surface area contributed by atoms with Crippen LogP contribution in [0.5, 0.6) is 0 Å². The molecule has 3 N–H and O–H groups in total. The molecule has 0 spiro atoms. The first-order chi connectivity index (χ1) is 7.60. The van der Waals surface area contributed by atoms with Crippen LogP contribution in [-0.4, -0.2) is 57.8 Å². The van der Waals surface area contributed by atoms with Crippen molar-refractivity contribution >= 4 is 5.91 Å². The summed E-state index contributed by atoms with van der Waals surface area (Å²) in [6.07, 6.45) is 2.28. The first-order valence-corrected chi connectivity index (χ1v) is 5.74. The maximum absolute atomic E-state index is 11.4. The molecular formula is C11H25N3O2. The minimum Gasteiger partial charge on any atom is -0.380 e. The van der Waals surface area contributed by atoms with Crippen molar-refractivity contribution in [3.63, 3.8) is 0 Å². The molecule has 0 aliphatic heterocycles. The number of hydrogen-bond donors (Lipinski definition) is 2. The van der Waals surface area contributed by atoms with E-state index in [4.69, 9.17) is 10.5 Å². The van der Waals surface area contributed by atoms with Gasteiger partial charge in [0.2, 0.25) is 5.91 Å². The van der Waals surface area contributed by atoms with Crippen molar-refractivity contribution < 1.29 is 9.53 Å². The number of nitrogens with one attached hydrogen (secondary N) is 1. The molecule has 0 heterocycles. The number of nitrogens with zero attached hydrogens (tertiary/aromatic N) is 1. The van der Waals surface area contributed by atoms with E-state index in [-0.39, 0.29) is 12.0 Å². The van der Waals surface area contributed by atoms with E-state index in [0.29, 0.717) is 13.0 Å². The van der Waals surface area contributed by atoms with Gasteiger partial charge >= 0.3 is 0 Å². The Morgan fingerprint density at radius 2 is 2.12 bits per heavy atom. The third kappa shape index (κ3) is 8.64. The quantitative estimate of drug-likeness (QED) is 0.540. The van der Waals surface area contributed by atoms with Gasteiger partial charge in [-0.1, -0.05) is 0 Å². The molecule has 0 aromatic heterocycles. The lowest BCUT2D eigenvalue weighted by Gasteiger charge is -2.13. The normalized spacial score (nSPS) is 12.8. The van der Waals surface area contributed by atoms with Crippen LogP contribution >= 0.6 is 0 Å². The topological polar surface area (TPSA) is 67.6 Å². The lowest BCUT2D eigenvalue weighted by atomic mass is 10.2. The molecule has 5 heteroatoms. The molecule has 0 aliphatic carbocycles. The van der Waals surface area contributed by atoms with Crippen molar-refractivity contribution in [1.29, 1.82) is 0 Å². The number of ether oxygens (including phenoxy) is 1. The molecule has 0 rings (SSSR count). The lowest BCUT2D eigenvalue weighted by Crippen LogP contribution is -2.32. The molecule has 0 saturated carbocycles. The van der Waals surface area contributed by atoms with E-state index in [0.717, 1.165) is 25.9 Å². The fourth-order valence-electron chi connectivity index (χ4n) is 1.32. The molecule has 0 aromatic carbocycles. The van der Waals surface area contributed by atoms with E-state index < -0.39 is 0 Å². The Kier molecular flexibility index (Phi) is 9.18. The van der Waals surface area contributed by atoms with Crippen LogP contribution in [0.3, 0.4) is 0 Å². The highest BCUT2D eigenvalue weighted by molar-refractivity contribution is 5.76. The Morgan fingerprint density at radius 3 is 2.62 bits per heavy atom. The van der Waals surface area contributed by atoms with Crippen LogP contribution in [0, 0.1) is 0 Å². The summed E-state index contributed by atoms with van der Waals surface area (Å²) in [6.45, 7) is 2.16. The fraction of sp³-hybridized carbons (Fsp3) is 0.909. The summed E-state index contributed by atoms with van der Waals surface area (Å²) in [4.78, 5) is 13.5. The number of nitrogens with two attached hydrogens (primary N) is 1. The highest BCUT2D eigenvalue weighted by atomic mass is 16.5. The van der Waals surface area contributed by atoms with Crippen molar-refractivity contribution in [1.82, 2.24) is 10.2 Å². The number of unbranched alkanes of at least 4 members (excludes halogenated alkanes) is 1. The largest absolute Gasteiger partial charge is 0.380 e. The van der Waals surface area contributed by atoms with Crippen LogP contribution in [0.2, 0.25) is 0 Å². The molecule has 0 fully saturated rings. The van der Waals surface area contributed by atoms with E-state index in [1.165, 1.54) is 0 Å². The average molecular weight is 231 g/mol. The van der Waals surface area contributed by atoms with Gasteiger partial charge in [0.15, 0.2) is 0 Å². The fourth-order valence-corrected chi connectivity index (χ4v) is 1.32. The number of rotatable bonds is 9. The summed E-state index contributed by atoms with van der Waals surface area (Å²) in [5.41, 5.74) is 5.43. The number of amides is 1. The minimum atomic E-state index is -0.165. The molecule has 1 atom stereocenters. The van der Waals surface area contributed by atoms with E-state index in [2.05, 4.69) is 10.2 Å². The summed E-state index contributed by atoms with van der Waals surface area (Å²) in [5, 5.41) is 2.86. The van der Waals surface area contributed by atoms with E-state index in [9.17, 15) is 4.79 Å². The van der Waals surface area contributed by atoms with Crippen LogP contribution < -0.4 is 11.1 Å². The Labute approximate surface area is 98.3 Å². The zero-order valence-electron chi connectivity index (χ0n) is 10.7. The average Bonchev–Trinajstić information content (AvgIpc) is 2.25. The molecule has 1 unspecified atom stereocenters. The highest BCUT2D eigenvalue weighted by Gasteiger charge is 2.10. The summed E-state index contributed by atoms with van der Waals surface area (Å²) in [7, 11) is 5.66. The molecule has 16 heavy (non-hydrogen) atoms. The highest BCUT2D eigenvalue weighted by Crippen LogP contribution is 1.95. The number of carbonyl (C=O) groups excluding carboxylic acids is 1. The molecular weight excluding hydrogens is 206 g/mol. The van der Waals surface area contributed by atoms with Crippen LogP contribution in [0.15, 0.2) is 0 Å². The van der Waals surface area contributed by atoms with Gasteiger partial charge in [-0.05, 0) is 33.5 Å². The lowest BCUT2D eigenvalue weighted by molar-refractivity contribution is -0.123. The molecule has 0 bridgehead atoms. The van der Waals surface area contributed by atoms with E-state index >= 15 is 0 Å². The van der Waals surface area contributed by atoms with Gasteiger partial charge < -0.3 is 20.7 Å². The van der Waals surface area contributed by atoms with Gasteiger partial charge in [0.1, 0.15) is 0 Å². The molecule has 0 aromatic rings. The number of hydrogen-bond acceptors (Lipinski definition) is 4. The van der Waals surface area contributed by atoms with Crippen molar-refractivity contribution in [2.45, 2.75) is 25.4 Å². The monoisotopic (exact) mass is 231 g/mol. The Hall–Kier alpha value is -0.650. The second kappa shape index (κ2) is 9.57. The molecule has 0 saturated heterocycles. The van der Waals surface area contributed by atoms with Gasteiger partial charge in [-0.15, -0.1) is 0 Å².